The zero-order chi connectivity index (χ0) is 16.9. The zero-order valence-corrected chi connectivity index (χ0v) is 13.4. The highest BCUT2D eigenvalue weighted by atomic mass is 32.1. The van der Waals surface area contributed by atoms with Gasteiger partial charge in [-0.15, -0.1) is 0 Å². The maximum Gasteiger partial charge on any atom is 0.242 e. The number of aromatic nitrogens is 1. The Kier molecular flexibility index (Phi) is 4.72. The quantitative estimate of drug-likeness (QED) is 0.436. The molecule has 5 nitrogen and oxygen atoms in total. The molecule has 7 heteroatoms. The number of carbonyl (C=O) groups is 1. The van der Waals surface area contributed by atoms with Crippen LogP contribution < -0.4 is 16.2 Å². The van der Waals surface area contributed by atoms with E-state index in [4.69, 9.17) is 12.2 Å². The van der Waals surface area contributed by atoms with Crippen molar-refractivity contribution in [3.8, 4) is 0 Å². The molecule has 4 N–H and O–H groups in total. The van der Waals surface area contributed by atoms with Gasteiger partial charge >= 0.3 is 0 Å². The molecule has 1 heterocycles. The van der Waals surface area contributed by atoms with E-state index in [1.807, 2.05) is 30.5 Å². The van der Waals surface area contributed by atoms with Gasteiger partial charge in [0.1, 0.15) is 5.82 Å². The lowest BCUT2D eigenvalue weighted by Gasteiger charge is -2.11. The van der Waals surface area contributed by atoms with Crippen LogP contribution >= 0.6 is 12.2 Å². The number of H-pyrrole nitrogens is 1. The highest BCUT2D eigenvalue weighted by Crippen LogP contribution is 2.17. The Morgan fingerprint density at radius 2 is 1.83 bits per heavy atom. The minimum absolute atomic E-state index is 0.217. The third-order valence-electron chi connectivity index (χ3n) is 3.44. The van der Waals surface area contributed by atoms with Crippen molar-refractivity contribution in [1.82, 2.24) is 15.8 Å². The van der Waals surface area contributed by atoms with Crippen molar-refractivity contribution in [2.45, 2.75) is 6.42 Å². The van der Waals surface area contributed by atoms with Crippen molar-refractivity contribution in [2.75, 3.05) is 5.32 Å². The molecule has 3 aromatic rings. The number of rotatable bonds is 3. The molecule has 0 saturated heterocycles. The Balaban J connectivity index is 1.52. The molecule has 24 heavy (non-hydrogen) atoms. The SMILES string of the molecule is O=C(Cc1c[nH]c2ccccc12)NNC(=S)Nc1ccc(F)cc1. The van der Waals surface area contributed by atoms with Crippen molar-refractivity contribution in [1.29, 1.82) is 0 Å². The maximum atomic E-state index is 12.8. The molecule has 1 amide bonds. The molecule has 3 rings (SSSR count). The Morgan fingerprint density at radius 1 is 1.08 bits per heavy atom. The van der Waals surface area contributed by atoms with Crippen LogP contribution in [0.15, 0.2) is 54.7 Å². The second-order valence-corrected chi connectivity index (χ2v) is 5.58. The van der Waals surface area contributed by atoms with Crippen LogP contribution in [0, 0.1) is 5.82 Å². The topological polar surface area (TPSA) is 69.0 Å². The van der Waals surface area contributed by atoms with Crippen LogP contribution in [0.3, 0.4) is 0 Å². The van der Waals surface area contributed by atoms with E-state index in [0.29, 0.717) is 5.69 Å². The molecule has 0 aliphatic heterocycles. The molecule has 0 radical (unpaired) electrons. The number of para-hydroxylation sites is 1. The number of carbonyl (C=O) groups excluding carboxylic acids is 1. The summed E-state index contributed by atoms with van der Waals surface area (Å²) in [6.07, 6.45) is 2.04. The first-order valence-corrected chi connectivity index (χ1v) is 7.69. The van der Waals surface area contributed by atoms with Gasteiger partial charge in [-0.2, -0.15) is 0 Å². The summed E-state index contributed by atoms with van der Waals surface area (Å²) in [6, 6.07) is 13.5. The van der Waals surface area contributed by atoms with E-state index in [1.54, 1.807) is 12.1 Å². The third kappa shape index (κ3) is 3.88. The second-order valence-electron chi connectivity index (χ2n) is 5.17. The summed E-state index contributed by atoms with van der Waals surface area (Å²) in [5.74, 6) is -0.547. The van der Waals surface area contributed by atoms with Crippen LogP contribution in [0.4, 0.5) is 10.1 Å². The number of benzene rings is 2. The van der Waals surface area contributed by atoms with E-state index in [0.717, 1.165) is 16.5 Å². The van der Waals surface area contributed by atoms with Gasteiger partial charge in [-0.1, -0.05) is 18.2 Å². The van der Waals surface area contributed by atoms with Crippen LogP contribution in [-0.2, 0) is 11.2 Å². The number of nitrogens with one attached hydrogen (secondary N) is 4. The van der Waals surface area contributed by atoms with Crippen molar-refractivity contribution in [3.05, 3.63) is 66.1 Å². The predicted octanol–water partition coefficient (Wildman–Crippen LogP) is 2.87. The number of fused-ring (bicyclic) bond motifs is 1. The van der Waals surface area contributed by atoms with E-state index in [1.165, 1.54) is 12.1 Å². The van der Waals surface area contributed by atoms with Crippen LogP contribution in [0.1, 0.15) is 5.56 Å². The van der Waals surface area contributed by atoms with E-state index in [2.05, 4.69) is 21.2 Å². The van der Waals surface area contributed by atoms with Gasteiger partial charge in [0, 0.05) is 22.8 Å². The fourth-order valence-corrected chi connectivity index (χ4v) is 2.49. The number of halogens is 1. The highest BCUT2D eigenvalue weighted by Gasteiger charge is 2.08. The van der Waals surface area contributed by atoms with Crippen LogP contribution in [-0.4, -0.2) is 16.0 Å². The summed E-state index contributed by atoms with van der Waals surface area (Å²) in [5, 5.41) is 4.08. The van der Waals surface area contributed by atoms with Gasteiger partial charge in [0.05, 0.1) is 6.42 Å². The Morgan fingerprint density at radius 3 is 2.62 bits per heavy atom. The van der Waals surface area contributed by atoms with Gasteiger partial charge in [-0.3, -0.25) is 15.6 Å². The molecule has 0 spiro atoms. The number of hydrazine groups is 1. The molecule has 2 aromatic carbocycles. The first kappa shape index (κ1) is 15.9. The normalized spacial score (nSPS) is 10.4. The molecule has 0 atom stereocenters. The van der Waals surface area contributed by atoms with Crippen molar-refractivity contribution in [3.63, 3.8) is 0 Å². The van der Waals surface area contributed by atoms with Crippen LogP contribution in [0.2, 0.25) is 0 Å². The number of anilines is 1. The summed E-state index contributed by atoms with van der Waals surface area (Å²) in [4.78, 5) is 15.2. The summed E-state index contributed by atoms with van der Waals surface area (Å²) in [7, 11) is 0. The zero-order valence-electron chi connectivity index (χ0n) is 12.6. The fourth-order valence-electron chi connectivity index (χ4n) is 2.32. The van der Waals surface area contributed by atoms with Gasteiger partial charge in [0.25, 0.3) is 0 Å². The Bertz CT molecular complexity index is 876. The smallest absolute Gasteiger partial charge is 0.242 e. The fraction of sp³-hybridized carbons (Fsp3) is 0.0588. The minimum atomic E-state index is -0.327. The average Bonchev–Trinajstić information content (AvgIpc) is 2.98. The first-order chi connectivity index (χ1) is 11.6. The third-order valence-corrected chi connectivity index (χ3v) is 3.65. The van der Waals surface area contributed by atoms with Gasteiger partial charge < -0.3 is 10.3 Å². The Labute approximate surface area is 143 Å². The minimum Gasteiger partial charge on any atom is -0.361 e. The van der Waals surface area contributed by atoms with Gasteiger partial charge in [-0.05, 0) is 48.1 Å². The molecular formula is C17H15FN4OS. The summed E-state index contributed by atoms with van der Waals surface area (Å²) in [6.45, 7) is 0. The van der Waals surface area contributed by atoms with Crippen LogP contribution in [0.25, 0.3) is 10.9 Å². The molecule has 0 aliphatic carbocycles. The maximum absolute atomic E-state index is 12.8. The van der Waals surface area contributed by atoms with Crippen molar-refractivity contribution in [2.24, 2.45) is 0 Å². The lowest BCUT2D eigenvalue weighted by molar-refractivity contribution is -0.120. The van der Waals surface area contributed by atoms with Crippen molar-refractivity contribution < 1.29 is 9.18 Å². The van der Waals surface area contributed by atoms with Gasteiger partial charge in [0.2, 0.25) is 5.91 Å². The van der Waals surface area contributed by atoms with E-state index >= 15 is 0 Å². The van der Waals surface area contributed by atoms with E-state index in [-0.39, 0.29) is 23.3 Å². The van der Waals surface area contributed by atoms with Gasteiger partial charge in [-0.25, -0.2) is 4.39 Å². The molecule has 122 valence electrons. The number of aromatic amines is 1. The standard InChI is InChI=1S/C17H15FN4OS/c18-12-5-7-13(8-6-12)20-17(24)22-21-16(23)9-11-10-19-15-4-2-1-3-14(11)15/h1-8,10,19H,9H2,(H,21,23)(H2,20,22,24). The number of amides is 1. The monoisotopic (exact) mass is 342 g/mol. The number of thiocarbonyl (C=S) groups is 1. The molecule has 0 unspecified atom stereocenters. The summed E-state index contributed by atoms with van der Waals surface area (Å²) >= 11 is 5.08. The average molecular weight is 342 g/mol. The molecule has 0 bridgehead atoms. The second kappa shape index (κ2) is 7.10. The highest BCUT2D eigenvalue weighted by molar-refractivity contribution is 7.80. The van der Waals surface area contributed by atoms with Crippen LogP contribution in [0.5, 0.6) is 0 Å². The molecule has 0 fully saturated rings. The van der Waals surface area contributed by atoms with E-state index < -0.39 is 0 Å². The molecular weight excluding hydrogens is 327 g/mol. The summed E-state index contributed by atoms with van der Waals surface area (Å²) in [5.41, 5.74) is 7.68. The summed E-state index contributed by atoms with van der Waals surface area (Å²) < 4.78 is 12.8. The van der Waals surface area contributed by atoms with E-state index in [9.17, 15) is 9.18 Å². The molecule has 1 aromatic heterocycles. The van der Waals surface area contributed by atoms with Crippen molar-refractivity contribution >= 4 is 39.8 Å². The number of hydrogen-bond donors (Lipinski definition) is 4. The predicted molar refractivity (Wildman–Crippen MR) is 95.9 cm³/mol. The Hall–Kier alpha value is -2.93. The van der Waals surface area contributed by atoms with Gasteiger partial charge in [0.15, 0.2) is 5.11 Å². The lowest BCUT2D eigenvalue weighted by atomic mass is 10.1. The lowest BCUT2D eigenvalue weighted by Crippen LogP contribution is -2.44. The molecule has 0 aliphatic rings. The first-order valence-electron chi connectivity index (χ1n) is 7.28. The molecule has 0 saturated carbocycles. The number of hydrogen-bond acceptors (Lipinski definition) is 2. The largest absolute Gasteiger partial charge is 0.361 e.